The molecule has 0 aliphatic rings. The molecule has 0 fully saturated rings. The highest BCUT2D eigenvalue weighted by atomic mass is 32.2. The largest absolute Gasteiger partial charge is 0.496 e. The summed E-state index contributed by atoms with van der Waals surface area (Å²) in [6.45, 7) is 4.09. The number of hydrogen-bond acceptors (Lipinski definition) is 4. The molecular formula is C12H18O3S. The third-order valence-corrected chi connectivity index (χ3v) is 3.46. The van der Waals surface area contributed by atoms with Crippen LogP contribution in [0.3, 0.4) is 0 Å². The van der Waals surface area contributed by atoms with Crippen LogP contribution in [0.2, 0.25) is 0 Å². The first kappa shape index (κ1) is 13.2. The van der Waals surface area contributed by atoms with E-state index in [1.807, 2.05) is 26.0 Å². The predicted molar refractivity (Wildman–Crippen MR) is 66.7 cm³/mol. The number of thioether (sulfide) groups is 1. The highest BCUT2D eigenvalue weighted by Gasteiger charge is 2.13. The van der Waals surface area contributed by atoms with Crippen molar-refractivity contribution in [3.63, 3.8) is 0 Å². The molecule has 1 atom stereocenters. The second-order valence-electron chi connectivity index (χ2n) is 3.54. The van der Waals surface area contributed by atoms with E-state index in [2.05, 4.69) is 0 Å². The Hall–Kier alpha value is -0.870. The number of aliphatic hydroxyl groups excluding tert-OH is 1. The number of benzene rings is 1. The van der Waals surface area contributed by atoms with Gasteiger partial charge in [0, 0.05) is 10.8 Å². The fourth-order valence-electron chi connectivity index (χ4n) is 1.47. The van der Waals surface area contributed by atoms with E-state index in [1.165, 1.54) is 0 Å². The van der Waals surface area contributed by atoms with Crippen molar-refractivity contribution in [2.75, 3.05) is 20.8 Å². The summed E-state index contributed by atoms with van der Waals surface area (Å²) in [6, 6.07) is 3.88. The topological polar surface area (TPSA) is 38.7 Å². The van der Waals surface area contributed by atoms with Gasteiger partial charge in [0.25, 0.3) is 0 Å². The van der Waals surface area contributed by atoms with E-state index >= 15 is 0 Å². The summed E-state index contributed by atoms with van der Waals surface area (Å²) in [6.07, 6.45) is 0. The summed E-state index contributed by atoms with van der Waals surface area (Å²) in [5.41, 5.74) is 0.986. The van der Waals surface area contributed by atoms with Crippen LogP contribution in [0.1, 0.15) is 12.5 Å². The Kier molecular flexibility index (Phi) is 4.96. The van der Waals surface area contributed by atoms with Crippen LogP contribution in [0, 0.1) is 6.92 Å². The molecule has 0 heterocycles. The van der Waals surface area contributed by atoms with Gasteiger partial charge < -0.3 is 14.6 Å². The minimum absolute atomic E-state index is 0.152. The van der Waals surface area contributed by atoms with E-state index in [4.69, 9.17) is 14.6 Å². The Balaban J connectivity index is 3.05. The lowest BCUT2D eigenvalue weighted by molar-refractivity contribution is 0.300. The van der Waals surface area contributed by atoms with E-state index in [9.17, 15) is 0 Å². The van der Waals surface area contributed by atoms with Crippen LogP contribution in [0.4, 0.5) is 0 Å². The molecule has 0 aromatic heterocycles. The lowest BCUT2D eigenvalue weighted by Gasteiger charge is -2.15. The maximum Gasteiger partial charge on any atom is 0.139 e. The second kappa shape index (κ2) is 6.01. The average molecular weight is 242 g/mol. The number of rotatable bonds is 5. The van der Waals surface area contributed by atoms with Crippen LogP contribution in [0.5, 0.6) is 11.5 Å². The molecule has 4 heteroatoms. The molecule has 1 rings (SSSR count). The van der Waals surface area contributed by atoms with E-state index < -0.39 is 0 Å². The van der Waals surface area contributed by atoms with Gasteiger partial charge in [0.1, 0.15) is 11.5 Å². The summed E-state index contributed by atoms with van der Waals surface area (Å²) < 4.78 is 10.6. The highest BCUT2D eigenvalue weighted by molar-refractivity contribution is 8.00. The van der Waals surface area contributed by atoms with Gasteiger partial charge in [-0.25, -0.2) is 0 Å². The summed E-state index contributed by atoms with van der Waals surface area (Å²) in [7, 11) is 3.29. The van der Waals surface area contributed by atoms with Crippen LogP contribution in [0.25, 0.3) is 0 Å². The van der Waals surface area contributed by atoms with E-state index in [0.717, 1.165) is 22.0 Å². The van der Waals surface area contributed by atoms with Gasteiger partial charge in [-0.2, -0.15) is 0 Å². The van der Waals surface area contributed by atoms with Crippen molar-refractivity contribution >= 4 is 11.8 Å². The Labute approximate surface area is 101 Å². The standard InChI is InChI=1S/C12H18O3S/c1-8(7-13)16-11-6-5-10(14-3)9(2)12(11)15-4/h5-6,8,13H,7H2,1-4H3. The first-order valence-electron chi connectivity index (χ1n) is 5.13. The third-order valence-electron chi connectivity index (χ3n) is 2.33. The lowest BCUT2D eigenvalue weighted by atomic mass is 10.2. The summed E-state index contributed by atoms with van der Waals surface area (Å²) in [5.74, 6) is 1.64. The molecule has 0 amide bonds. The molecule has 0 bridgehead atoms. The number of ether oxygens (including phenoxy) is 2. The van der Waals surface area contributed by atoms with Crippen molar-refractivity contribution < 1.29 is 14.6 Å². The Morgan fingerprint density at radius 2 is 2.00 bits per heavy atom. The van der Waals surface area contributed by atoms with Crippen LogP contribution in [0.15, 0.2) is 17.0 Å². The molecular weight excluding hydrogens is 224 g/mol. The quantitative estimate of drug-likeness (QED) is 0.805. The van der Waals surface area contributed by atoms with Crippen LogP contribution in [-0.2, 0) is 0 Å². The Morgan fingerprint density at radius 1 is 1.31 bits per heavy atom. The molecule has 3 nitrogen and oxygen atoms in total. The number of hydrogen-bond donors (Lipinski definition) is 1. The monoisotopic (exact) mass is 242 g/mol. The zero-order valence-corrected chi connectivity index (χ0v) is 10.9. The van der Waals surface area contributed by atoms with Gasteiger partial charge in [-0.1, -0.05) is 6.92 Å². The minimum atomic E-state index is 0.152. The van der Waals surface area contributed by atoms with E-state index in [-0.39, 0.29) is 11.9 Å². The van der Waals surface area contributed by atoms with Crippen molar-refractivity contribution in [1.29, 1.82) is 0 Å². The van der Waals surface area contributed by atoms with Crippen LogP contribution in [-0.4, -0.2) is 31.2 Å². The lowest BCUT2D eigenvalue weighted by Crippen LogP contribution is -2.03. The smallest absolute Gasteiger partial charge is 0.139 e. The molecule has 0 aliphatic heterocycles. The van der Waals surface area contributed by atoms with Crippen molar-refractivity contribution in [3.8, 4) is 11.5 Å². The van der Waals surface area contributed by atoms with Crippen molar-refractivity contribution in [2.45, 2.75) is 24.0 Å². The maximum absolute atomic E-state index is 9.04. The second-order valence-corrected chi connectivity index (χ2v) is 5.02. The fraction of sp³-hybridized carbons (Fsp3) is 0.500. The average Bonchev–Trinajstić information content (AvgIpc) is 2.29. The molecule has 1 aromatic rings. The summed E-state index contributed by atoms with van der Waals surface area (Å²) in [5, 5.41) is 9.20. The zero-order valence-electron chi connectivity index (χ0n) is 10.1. The van der Waals surface area contributed by atoms with Crippen molar-refractivity contribution in [3.05, 3.63) is 17.7 Å². The molecule has 1 N–H and O–H groups in total. The first-order valence-corrected chi connectivity index (χ1v) is 6.01. The Morgan fingerprint density at radius 3 is 2.50 bits per heavy atom. The predicted octanol–water partition coefficient (Wildman–Crippen LogP) is 2.49. The zero-order chi connectivity index (χ0) is 12.1. The molecule has 16 heavy (non-hydrogen) atoms. The Bertz CT molecular complexity index is 352. The molecule has 90 valence electrons. The molecule has 0 saturated heterocycles. The fourth-order valence-corrected chi connectivity index (χ4v) is 2.47. The molecule has 0 aliphatic carbocycles. The van der Waals surface area contributed by atoms with Gasteiger partial charge in [0.2, 0.25) is 0 Å². The van der Waals surface area contributed by atoms with E-state index in [0.29, 0.717) is 0 Å². The molecule has 1 aromatic carbocycles. The first-order chi connectivity index (χ1) is 7.63. The maximum atomic E-state index is 9.04. The van der Waals surface area contributed by atoms with Gasteiger partial charge >= 0.3 is 0 Å². The molecule has 1 unspecified atom stereocenters. The SMILES string of the molecule is COc1ccc(SC(C)CO)c(OC)c1C. The summed E-state index contributed by atoms with van der Waals surface area (Å²) >= 11 is 1.60. The third kappa shape index (κ3) is 2.83. The number of methoxy groups -OCH3 is 2. The van der Waals surface area contributed by atoms with Gasteiger partial charge in [-0.15, -0.1) is 11.8 Å². The molecule has 0 spiro atoms. The van der Waals surface area contributed by atoms with Crippen molar-refractivity contribution in [1.82, 2.24) is 0 Å². The highest BCUT2D eigenvalue weighted by Crippen LogP contribution is 2.38. The van der Waals surface area contributed by atoms with Crippen LogP contribution < -0.4 is 9.47 Å². The number of aliphatic hydroxyl groups is 1. The van der Waals surface area contributed by atoms with Gasteiger partial charge in [-0.05, 0) is 19.1 Å². The van der Waals surface area contributed by atoms with Gasteiger partial charge in [0.05, 0.1) is 25.7 Å². The van der Waals surface area contributed by atoms with Gasteiger partial charge in [0.15, 0.2) is 0 Å². The van der Waals surface area contributed by atoms with Crippen molar-refractivity contribution in [2.24, 2.45) is 0 Å². The molecule has 0 radical (unpaired) electrons. The van der Waals surface area contributed by atoms with Crippen LogP contribution >= 0.6 is 11.8 Å². The van der Waals surface area contributed by atoms with E-state index in [1.54, 1.807) is 26.0 Å². The normalized spacial score (nSPS) is 12.3. The minimum Gasteiger partial charge on any atom is -0.496 e. The van der Waals surface area contributed by atoms with Gasteiger partial charge in [-0.3, -0.25) is 0 Å². The summed E-state index contributed by atoms with van der Waals surface area (Å²) in [4.78, 5) is 1.03. The molecule has 0 saturated carbocycles.